The number of para-hydroxylation sites is 1. The molecule has 5 heteroatoms. The Kier molecular flexibility index (Phi) is 4.66. The number of aryl methyl sites for hydroxylation is 1. The van der Waals surface area contributed by atoms with Crippen molar-refractivity contribution in [3.8, 4) is 5.69 Å². The summed E-state index contributed by atoms with van der Waals surface area (Å²) in [5.74, 6) is 0. The molecule has 2 amide bonds. The lowest BCUT2D eigenvalue weighted by molar-refractivity contribution is 0.181. The maximum Gasteiger partial charge on any atom is 0.322 e. The molecule has 2 aromatic carbocycles. The van der Waals surface area contributed by atoms with Crippen LogP contribution in [0.15, 0.2) is 60.8 Å². The number of nitrogens with one attached hydrogen (secondary N) is 1. The highest BCUT2D eigenvalue weighted by atomic mass is 35.5. The number of urea groups is 1. The van der Waals surface area contributed by atoms with Gasteiger partial charge in [0.1, 0.15) is 0 Å². The maximum absolute atomic E-state index is 13.3. The fourth-order valence-corrected chi connectivity index (χ4v) is 3.95. The maximum atomic E-state index is 13.3. The molecule has 2 heterocycles. The van der Waals surface area contributed by atoms with Crippen LogP contribution in [-0.2, 0) is 6.54 Å². The molecule has 0 aliphatic carbocycles. The Morgan fingerprint density at radius 2 is 2.00 bits per heavy atom. The Morgan fingerprint density at radius 3 is 2.81 bits per heavy atom. The molecule has 3 aromatic rings. The molecule has 0 fully saturated rings. The summed E-state index contributed by atoms with van der Waals surface area (Å²) in [6.45, 7) is 4.64. The van der Waals surface area contributed by atoms with Crippen LogP contribution in [-0.4, -0.2) is 15.5 Å². The number of rotatable bonds is 2. The van der Waals surface area contributed by atoms with Crippen LogP contribution >= 0.6 is 11.6 Å². The highest BCUT2D eigenvalue weighted by Crippen LogP contribution is 2.34. The first-order chi connectivity index (χ1) is 13.1. The lowest BCUT2D eigenvalue weighted by Crippen LogP contribution is -2.37. The molecule has 0 saturated carbocycles. The second-order valence-electron chi connectivity index (χ2n) is 6.87. The van der Waals surface area contributed by atoms with Crippen molar-refractivity contribution in [2.24, 2.45) is 0 Å². The van der Waals surface area contributed by atoms with Crippen molar-refractivity contribution in [2.75, 3.05) is 5.32 Å². The van der Waals surface area contributed by atoms with E-state index in [1.807, 2.05) is 42.2 Å². The zero-order valence-electron chi connectivity index (χ0n) is 15.4. The highest BCUT2D eigenvalue weighted by molar-refractivity contribution is 6.31. The first kappa shape index (κ1) is 17.7. The molecule has 1 aliphatic rings. The van der Waals surface area contributed by atoms with Gasteiger partial charge in [-0.1, -0.05) is 42.8 Å². The molecule has 4 rings (SSSR count). The molecule has 1 atom stereocenters. The predicted octanol–water partition coefficient (Wildman–Crippen LogP) is 5.94. The minimum absolute atomic E-state index is 0.00751. The van der Waals surface area contributed by atoms with Gasteiger partial charge in [-0.25, -0.2) is 4.79 Å². The van der Waals surface area contributed by atoms with Gasteiger partial charge < -0.3 is 14.8 Å². The molecule has 138 valence electrons. The summed E-state index contributed by atoms with van der Waals surface area (Å²) < 4.78 is 2.20. The molecule has 1 aliphatic heterocycles. The number of carbonyl (C=O) groups is 1. The minimum Gasteiger partial charge on any atom is -0.318 e. The van der Waals surface area contributed by atoms with Gasteiger partial charge in [-0.05, 0) is 54.8 Å². The van der Waals surface area contributed by atoms with E-state index in [1.54, 1.807) is 6.07 Å². The Balaban J connectivity index is 1.74. The average molecular weight is 380 g/mol. The van der Waals surface area contributed by atoms with Gasteiger partial charge in [0.2, 0.25) is 0 Å². The standard InChI is InChI=1S/C22H22ClN3O/c1-3-19-21-9-6-12-25(21)20-8-5-4-7-16(20)14-26(19)22(27)24-18-13-17(23)11-10-15(18)2/h4-13,19H,3,14H2,1-2H3,(H,24,27)/t19-/m1/s1. The number of fused-ring (bicyclic) bond motifs is 3. The quantitative estimate of drug-likeness (QED) is 0.588. The van der Waals surface area contributed by atoms with E-state index in [0.717, 1.165) is 34.6 Å². The molecular weight excluding hydrogens is 358 g/mol. The predicted molar refractivity (Wildman–Crippen MR) is 110 cm³/mol. The summed E-state index contributed by atoms with van der Waals surface area (Å²) in [4.78, 5) is 15.2. The van der Waals surface area contributed by atoms with E-state index < -0.39 is 0 Å². The van der Waals surface area contributed by atoms with Gasteiger partial charge in [0.05, 0.1) is 18.3 Å². The highest BCUT2D eigenvalue weighted by Gasteiger charge is 2.30. The van der Waals surface area contributed by atoms with Crippen LogP contribution in [0.1, 0.15) is 36.2 Å². The summed E-state index contributed by atoms with van der Waals surface area (Å²) in [5, 5.41) is 3.67. The summed E-state index contributed by atoms with van der Waals surface area (Å²) in [5.41, 5.74) is 5.11. The second-order valence-corrected chi connectivity index (χ2v) is 7.31. The monoisotopic (exact) mass is 379 g/mol. The third kappa shape index (κ3) is 3.21. The molecule has 0 saturated heterocycles. The second kappa shape index (κ2) is 7.12. The number of benzene rings is 2. The van der Waals surface area contributed by atoms with Gasteiger partial charge in [-0.3, -0.25) is 0 Å². The smallest absolute Gasteiger partial charge is 0.318 e. The lowest BCUT2D eigenvalue weighted by atomic mass is 10.1. The zero-order valence-corrected chi connectivity index (χ0v) is 16.2. The molecule has 0 unspecified atom stereocenters. The van der Waals surface area contributed by atoms with Gasteiger partial charge in [0, 0.05) is 22.6 Å². The number of nitrogens with zero attached hydrogens (tertiary/aromatic N) is 2. The minimum atomic E-state index is -0.114. The van der Waals surface area contributed by atoms with Gasteiger partial charge in [0.25, 0.3) is 0 Å². The Labute approximate surface area is 164 Å². The van der Waals surface area contributed by atoms with Crippen LogP contribution in [0.3, 0.4) is 0 Å². The van der Waals surface area contributed by atoms with E-state index in [1.165, 1.54) is 0 Å². The Morgan fingerprint density at radius 1 is 1.19 bits per heavy atom. The average Bonchev–Trinajstić information content (AvgIpc) is 3.09. The number of amides is 2. The van der Waals surface area contributed by atoms with Gasteiger partial charge in [-0.2, -0.15) is 0 Å². The fourth-order valence-electron chi connectivity index (χ4n) is 3.78. The summed E-state index contributed by atoms with van der Waals surface area (Å²) in [6.07, 6.45) is 2.90. The zero-order chi connectivity index (χ0) is 19.0. The van der Waals surface area contributed by atoms with Crippen LogP contribution in [0.2, 0.25) is 5.02 Å². The first-order valence-electron chi connectivity index (χ1n) is 9.17. The Hall–Kier alpha value is -2.72. The molecule has 0 spiro atoms. The summed E-state index contributed by atoms with van der Waals surface area (Å²) >= 11 is 6.12. The summed E-state index contributed by atoms with van der Waals surface area (Å²) in [7, 11) is 0. The number of hydrogen-bond donors (Lipinski definition) is 1. The fraction of sp³-hybridized carbons (Fsp3) is 0.227. The van der Waals surface area contributed by atoms with E-state index in [0.29, 0.717) is 11.6 Å². The van der Waals surface area contributed by atoms with Crippen LogP contribution in [0.25, 0.3) is 5.69 Å². The molecule has 0 bridgehead atoms. The van der Waals surface area contributed by atoms with Crippen LogP contribution in [0, 0.1) is 6.92 Å². The van der Waals surface area contributed by atoms with E-state index in [2.05, 4.69) is 41.2 Å². The van der Waals surface area contributed by atoms with E-state index >= 15 is 0 Å². The van der Waals surface area contributed by atoms with Crippen molar-refractivity contribution in [2.45, 2.75) is 32.9 Å². The number of carbonyl (C=O) groups excluding carboxylic acids is 1. The van der Waals surface area contributed by atoms with Crippen molar-refractivity contribution in [3.05, 3.63) is 82.6 Å². The van der Waals surface area contributed by atoms with Crippen molar-refractivity contribution in [1.29, 1.82) is 0 Å². The van der Waals surface area contributed by atoms with Crippen LogP contribution in [0.5, 0.6) is 0 Å². The molecule has 1 N–H and O–H groups in total. The molecule has 1 aromatic heterocycles. The van der Waals surface area contributed by atoms with Gasteiger partial charge in [0.15, 0.2) is 0 Å². The number of halogens is 1. The Bertz CT molecular complexity index is 995. The van der Waals surface area contributed by atoms with E-state index in [4.69, 9.17) is 11.6 Å². The first-order valence-corrected chi connectivity index (χ1v) is 9.55. The number of anilines is 1. The van der Waals surface area contributed by atoms with Crippen molar-refractivity contribution in [1.82, 2.24) is 9.47 Å². The van der Waals surface area contributed by atoms with Gasteiger partial charge in [-0.15, -0.1) is 0 Å². The van der Waals surface area contributed by atoms with Crippen molar-refractivity contribution < 1.29 is 4.79 Å². The number of aromatic nitrogens is 1. The third-order valence-electron chi connectivity index (χ3n) is 5.18. The third-order valence-corrected chi connectivity index (χ3v) is 5.41. The van der Waals surface area contributed by atoms with E-state index in [-0.39, 0.29) is 12.1 Å². The molecule has 4 nitrogen and oxygen atoms in total. The molecule has 0 radical (unpaired) electrons. The van der Waals surface area contributed by atoms with Gasteiger partial charge >= 0.3 is 6.03 Å². The summed E-state index contributed by atoms with van der Waals surface area (Å²) in [6, 6.07) is 17.8. The molecule has 27 heavy (non-hydrogen) atoms. The van der Waals surface area contributed by atoms with Crippen molar-refractivity contribution in [3.63, 3.8) is 0 Å². The number of hydrogen-bond acceptors (Lipinski definition) is 1. The molecular formula is C22H22ClN3O. The largest absolute Gasteiger partial charge is 0.322 e. The normalized spacial score (nSPS) is 15.7. The van der Waals surface area contributed by atoms with E-state index in [9.17, 15) is 4.79 Å². The lowest BCUT2D eigenvalue weighted by Gasteiger charge is -2.30. The van der Waals surface area contributed by atoms with Crippen LogP contribution < -0.4 is 5.32 Å². The van der Waals surface area contributed by atoms with Crippen LogP contribution in [0.4, 0.5) is 10.5 Å². The SMILES string of the molecule is CC[C@@H]1c2cccn2-c2ccccc2CN1C(=O)Nc1cc(Cl)ccc1C. The van der Waals surface area contributed by atoms with Crippen molar-refractivity contribution >= 4 is 23.3 Å². The topological polar surface area (TPSA) is 37.3 Å².